The van der Waals surface area contributed by atoms with Crippen LogP contribution in [0.15, 0.2) is 42.5 Å². The average Bonchev–Trinajstić information content (AvgIpc) is 2.68. The van der Waals surface area contributed by atoms with Gasteiger partial charge in [0.2, 0.25) is 5.91 Å². The lowest BCUT2D eigenvalue weighted by Gasteiger charge is -2.19. The van der Waals surface area contributed by atoms with Crippen molar-refractivity contribution in [1.82, 2.24) is 4.90 Å². The van der Waals surface area contributed by atoms with E-state index in [0.717, 1.165) is 5.56 Å². The van der Waals surface area contributed by atoms with E-state index in [-0.39, 0.29) is 18.4 Å². The molecule has 1 N–H and O–H groups in total. The van der Waals surface area contributed by atoms with E-state index in [0.29, 0.717) is 41.9 Å². The average molecular weight is 399 g/mol. The van der Waals surface area contributed by atoms with Gasteiger partial charge in [0.25, 0.3) is 5.91 Å². The van der Waals surface area contributed by atoms with E-state index in [1.165, 1.54) is 4.90 Å². The predicted molar refractivity (Wildman–Crippen MR) is 115 cm³/mol. The maximum Gasteiger partial charge on any atom is 0.254 e. The number of nitrogens with zero attached hydrogens (tertiary/aromatic N) is 1. The van der Waals surface area contributed by atoms with Crippen molar-refractivity contribution in [3.05, 3.63) is 53.6 Å². The minimum Gasteiger partial charge on any atom is -0.490 e. The minimum absolute atomic E-state index is 0.0533. The molecule has 0 saturated carbocycles. The predicted octanol–water partition coefficient (Wildman–Crippen LogP) is 4.14. The Morgan fingerprint density at radius 1 is 1.03 bits per heavy atom. The summed E-state index contributed by atoms with van der Waals surface area (Å²) in [6, 6.07) is 12.6. The van der Waals surface area contributed by atoms with Gasteiger partial charge < -0.3 is 19.7 Å². The van der Waals surface area contributed by atoms with Crippen LogP contribution in [-0.4, -0.2) is 43.5 Å². The number of benzene rings is 2. The fraction of sp³-hybridized carbons (Fsp3) is 0.391. The van der Waals surface area contributed by atoms with E-state index in [1.54, 1.807) is 25.2 Å². The molecule has 0 heterocycles. The van der Waals surface area contributed by atoms with Gasteiger partial charge in [-0.3, -0.25) is 9.59 Å². The zero-order valence-corrected chi connectivity index (χ0v) is 17.8. The second-order valence-corrected chi connectivity index (χ2v) is 7.37. The molecule has 0 saturated heterocycles. The van der Waals surface area contributed by atoms with Crippen LogP contribution in [0.4, 0.5) is 5.69 Å². The fourth-order valence-electron chi connectivity index (χ4n) is 2.63. The molecule has 2 rings (SSSR count). The summed E-state index contributed by atoms with van der Waals surface area (Å²) in [4.78, 5) is 26.4. The molecule has 6 heteroatoms. The molecule has 2 aromatic rings. The number of carbonyl (C=O) groups is 2. The third kappa shape index (κ3) is 6.82. The Labute approximate surface area is 172 Å². The monoisotopic (exact) mass is 398 g/mol. The Morgan fingerprint density at radius 3 is 2.34 bits per heavy atom. The van der Waals surface area contributed by atoms with E-state index < -0.39 is 0 Å². The third-order valence-electron chi connectivity index (χ3n) is 4.13. The van der Waals surface area contributed by atoms with Gasteiger partial charge in [-0.25, -0.2) is 0 Å². The first-order valence-electron chi connectivity index (χ1n) is 9.81. The molecule has 0 fully saturated rings. The number of carbonyl (C=O) groups excluding carboxylic acids is 2. The van der Waals surface area contributed by atoms with Gasteiger partial charge in [0.15, 0.2) is 11.5 Å². The maximum absolute atomic E-state index is 12.8. The van der Waals surface area contributed by atoms with Gasteiger partial charge in [0, 0.05) is 18.3 Å². The van der Waals surface area contributed by atoms with Crippen molar-refractivity contribution >= 4 is 17.5 Å². The SMILES string of the molecule is CCOc1cc(C(=O)N(C)CC(=O)Nc2ccc(C)cc2)ccc1OCC(C)C. The van der Waals surface area contributed by atoms with Crippen LogP contribution < -0.4 is 14.8 Å². The molecule has 6 nitrogen and oxygen atoms in total. The number of ether oxygens (including phenoxy) is 2. The molecule has 156 valence electrons. The Morgan fingerprint density at radius 2 is 1.72 bits per heavy atom. The number of hydrogen-bond acceptors (Lipinski definition) is 4. The molecule has 0 aliphatic rings. The van der Waals surface area contributed by atoms with Crippen LogP contribution in [-0.2, 0) is 4.79 Å². The highest BCUT2D eigenvalue weighted by atomic mass is 16.5. The van der Waals surface area contributed by atoms with Gasteiger partial charge in [-0.1, -0.05) is 31.5 Å². The summed E-state index contributed by atoms with van der Waals surface area (Å²) in [5.74, 6) is 0.990. The van der Waals surface area contributed by atoms with Gasteiger partial charge in [-0.2, -0.15) is 0 Å². The molecule has 0 aliphatic heterocycles. The van der Waals surface area contributed by atoms with Crippen LogP contribution in [0.25, 0.3) is 0 Å². The molecule has 0 atom stereocenters. The Hall–Kier alpha value is -3.02. The summed E-state index contributed by atoms with van der Waals surface area (Å²) in [6.07, 6.45) is 0. The molecule has 0 aromatic heterocycles. The van der Waals surface area contributed by atoms with Crippen LogP contribution in [0.3, 0.4) is 0 Å². The van der Waals surface area contributed by atoms with Crippen molar-refractivity contribution in [1.29, 1.82) is 0 Å². The quantitative estimate of drug-likeness (QED) is 0.689. The first-order valence-corrected chi connectivity index (χ1v) is 9.81. The molecule has 0 spiro atoms. The van der Waals surface area contributed by atoms with Crippen LogP contribution in [0.2, 0.25) is 0 Å². The summed E-state index contributed by atoms with van der Waals surface area (Å²) >= 11 is 0. The van der Waals surface area contributed by atoms with Crippen molar-refractivity contribution in [3.8, 4) is 11.5 Å². The van der Waals surface area contributed by atoms with Crippen LogP contribution in [0, 0.1) is 12.8 Å². The smallest absolute Gasteiger partial charge is 0.254 e. The Bertz CT molecular complexity index is 831. The van der Waals surface area contributed by atoms with Crippen molar-refractivity contribution in [2.45, 2.75) is 27.7 Å². The third-order valence-corrected chi connectivity index (χ3v) is 4.13. The fourth-order valence-corrected chi connectivity index (χ4v) is 2.63. The first kappa shape index (κ1) is 22.3. The van der Waals surface area contributed by atoms with Gasteiger partial charge in [0.05, 0.1) is 19.8 Å². The van der Waals surface area contributed by atoms with Crippen molar-refractivity contribution < 1.29 is 19.1 Å². The lowest BCUT2D eigenvalue weighted by molar-refractivity contribution is -0.116. The Kier molecular flexibility index (Phi) is 8.07. The van der Waals surface area contributed by atoms with Crippen molar-refractivity contribution in [2.24, 2.45) is 5.92 Å². The number of likely N-dealkylation sites (N-methyl/N-ethyl adjacent to an activating group) is 1. The number of aryl methyl sites for hydroxylation is 1. The highest BCUT2D eigenvalue weighted by Crippen LogP contribution is 2.29. The standard InChI is InChI=1S/C23H30N2O4/c1-6-28-21-13-18(9-12-20(21)29-15-16(2)3)23(27)25(5)14-22(26)24-19-10-7-17(4)8-11-19/h7-13,16H,6,14-15H2,1-5H3,(H,24,26). The molecule has 2 aromatic carbocycles. The summed E-state index contributed by atoms with van der Waals surface area (Å²) in [5, 5.41) is 2.80. The number of amides is 2. The molecule has 0 aliphatic carbocycles. The summed E-state index contributed by atoms with van der Waals surface area (Å²) in [5.41, 5.74) is 2.25. The topological polar surface area (TPSA) is 67.9 Å². The summed E-state index contributed by atoms with van der Waals surface area (Å²) < 4.78 is 11.4. The number of anilines is 1. The summed E-state index contributed by atoms with van der Waals surface area (Å²) in [7, 11) is 1.60. The molecule has 2 amide bonds. The number of rotatable bonds is 9. The second kappa shape index (κ2) is 10.5. The summed E-state index contributed by atoms with van der Waals surface area (Å²) in [6.45, 7) is 8.96. The molecule has 0 radical (unpaired) electrons. The maximum atomic E-state index is 12.8. The molecular weight excluding hydrogens is 368 g/mol. The van der Waals surface area contributed by atoms with Gasteiger partial charge in [-0.15, -0.1) is 0 Å². The number of hydrogen-bond donors (Lipinski definition) is 1. The van der Waals surface area contributed by atoms with E-state index in [4.69, 9.17) is 9.47 Å². The van der Waals surface area contributed by atoms with Crippen LogP contribution in [0.5, 0.6) is 11.5 Å². The minimum atomic E-state index is -0.264. The second-order valence-electron chi connectivity index (χ2n) is 7.37. The highest BCUT2D eigenvalue weighted by molar-refractivity contribution is 5.99. The largest absolute Gasteiger partial charge is 0.490 e. The lowest BCUT2D eigenvalue weighted by Crippen LogP contribution is -2.34. The molecule has 0 unspecified atom stereocenters. The lowest BCUT2D eigenvalue weighted by atomic mass is 10.1. The van der Waals surface area contributed by atoms with E-state index in [2.05, 4.69) is 19.2 Å². The Balaban J connectivity index is 2.04. The molecule has 29 heavy (non-hydrogen) atoms. The normalized spacial score (nSPS) is 10.6. The van der Waals surface area contributed by atoms with Crippen LogP contribution in [0.1, 0.15) is 36.7 Å². The van der Waals surface area contributed by atoms with E-state index >= 15 is 0 Å². The van der Waals surface area contributed by atoms with Crippen molar-refractivity contribution in [3.63, 3.8) is 0 Å². The van der Waals surface area contributed by atoms with Gasteiger partial charge >= 0.3 is 0 Å². The van der Waals surface area contributed by atoms with E-state index in [1.807, 2.05) is 38.1 Å². The first-order chi connectivity index (χ1) is 13.8. The van der Waals surface area contributed by atoms with Crippen molar-refractivity contribution in [2.75, 3.05) is 32.1 Å². The number of nitrogens with one attached hydrogen (secondary N) is 1. The molecule has 0 bridgehead atoms. The molecular formula is C23H30N2O4. The van der Waals surface area contributed by atoms with Crippen LogP contribution >= 0.6 is 0 Å². The zero-order chi connectivity index (χ0) is 21.4. The van der Waals surface area contributed by atoms with E-state index in [9.17, 15) is 9.59 Å². The zero-order valence-electron chi connectivity index (χ0n) is 17.8. The van der Waals surface area contributed by atoms with Gasteiger partial charge in [-0.05, 0) is 50.1 Å². The highest BCUT2D eigenvalue weighted by Gasteiger charge is 2.18. The van der Waals surface area contributed by atoms with Gasteiger partial charge in [0.1, 0.15) is 0 Å².